The molecule has 7 heteroatoms. The second-order valence-electron chi connectivity index (χ2n) is 4.19. The minimum atomic E-state index is 0.103. The number of hydrogen-bond donors (Lipinski definition) is 1. The SMILES string of the molecule is Nc1nc(-c2ccccc2)nc(-c2ncc(Cl)cc2Cl)n1. The van der Waals surface area contributed by atoms with E-state index in [1.165, 1.54) is 6.20 Å². The van der Waals surface area contributed by atoms with Gasteiger partial charge in [0, 0.05) is 11.8 Å². The first-order valence-electron chi connectivity index (χ1n) is 6.02. The highest BCUT2D eigenvalue weighted by Crippen LogP contribution is 2.27. The number of anilines is 1. The average Bonchev–Trinajstić information content (AvgIpc) is 2.47. The van der Waals surface area contributed by atoms with Crippen LogP contribution in [0.2, 0.25) is 10.0 Å². The molecule has 2 aromatic heterocycles. The third-order valence-corrected chi connectivity index (χ3v) is 3.20. The molecule has 0 aliphatic heterocycles. The molecule has 21 heavy (non-hydrogen) atoms. The van der Waals surface area contributed by atoms with Crippen molar-refractivity contribution in [3.05, 3.63) is 52.6 Å². The van der Waals surface area contributed by atoms with Gasteiger partial charge in [0.25, 0.3) is 0 Å². The molecule has 3 rings (SSSR count). The molecule has 0 radical (unpaired) electrons. The van der Waals surface area contributed by atoms with Crippen molar-refractivity contribution >= 4 is 29.2 Å². The molecule has 0 atom stereocenters. The van der Waals surface area contributed by atoms with Gasteiger partial charge in [-0.15, -0.1) is 0 Å². The summed E-state index contributed by atoms with van der Waals surface area (Å²) in [6, 6.07) is 11.0. The highest BCUT2D eigenvalue weighted by Gasteiger charge is 2.13. The molecule has 1 aromatic carbocycles. The lowest BCUT2D eigenvalue weighted by atomic mass is 10.2. The molecule has 0 aliphatic carbocycles. The summed E-state index contributed by atoms with van der Waals surface area (Å²) in [6.07, 6.45) is 1.48. The van der Waals surface area contributed by atoms with E-state index in [-0.39, 0.29) is 5.95 Å². The van der Waals surface area contributed by atoms with E-state index in [2.05, 4.69) is 19.9 Å². The van der Waals surface area contributed by atoms with Crippen LogP contribution in [0.4, 0.5) is 5.95 Å². The van der Waals surface area contributed by atoms with Crippen molar-refractivity contribution in [2.75, 3.05) is 5.73 Å². The van der Waals surface area contributed by atoms with Gasteiger partial charge in [-0.3, -0.25) is 0 Å². The lowest BCUT2D eigenvalue weighted by Crippen LogP contribution is -2.03. The molecule has 0 amide bonds. The summed E-state index contributed by atoms with van der Waals surface area (Å²) in [6.45, 7) is 0. The number of nitrogens with two attached hydrogens (primary N) is 1. The molecular formula is C14H9Cl2N5. The molecule has 0 bridgehead atoms. The number of pyridine rings is 1. The number of nitrogen functional groups attached to an aromatic ring is 1. The first kappa shape index (κ1) is 13.7. The fraction of sp³-hybridized carbons (Fsp3) is 0. The Morgan fingerprint density at radius 3 is 2.33 bits per heavy atom. The first-order chi connectivity index (χ1) is 10.1. The Balaban J connectivity index is 2.14. The van der Waals surface area contributed by atoms with Crippen LogP contribution in [0.15, 0.2) is 42.6 Å². The van der Waals surface area contributed by atoms with Gasteiger partial charge in [-0.1, -0.05) is 53.5 Å². The Bertz CT molecular complexity index is 793. The summed E-state index contributed by atoms with van der Waals surface area (Å²) in [5.41, 5.74) is 7.00. The maximum absolute atomic E-state index is 6.13. The summed E-state index contributed by atoms with van der Waals surface area (Å²) >= 11 is 12.0. The van der Waals surface area contributed by atoms with Crippen molar-refractivity contribution < 1.29 is 0 Å². The van der Waals surface area contributed by atoms with E-state index >= 15 is 0 Å². The van der Waals surface area contributed by atoms with Gasteiger partial charge >= 0.3 is 0 Å². The van der Waals surface area contributed by atoms with Crippen molar-refractivity contribution in [1.29, 1.82) is 0 Å². The topological polar surface area (TPSA) is 77.6 Å². The molecule has 0 saturated heterocycles. The Morgan fingerprint density at radius 1 is 0.905 bits per heavy atom. The van der Waals surface area contributed by atoms with Gasteiger partial charge in [0.05, 0.1) is 10.0 Å². The second kappa shape index (κ2) is 5.63. The van der Waals surface area contributed by atoms with Crippen molar-refractivity contribution in [1.82, 2.24) is 19.9 Å². The van der Waals surface area contributed by atoms with Crippen LogP contribution in [0.3, 0.4) is 0 Å². The molecule has 3 aromatic rings. The molecule has 2 heterocycles. The quantitative estimate of drug-likeness (QED) is 0.782. The number of aromatic nitrogens is 4. The predicted octanol–water partition coefficient (Wildman–Crippen LogP) is 3.49. The molecule has 0 unspecified atom stereocenters. The van der Waals surface area contributed by atoms with Crippen molar-refractivity contribution in [2.45, 2.75) is 0 Å². The summed E-state index contributed by atoms with van der Waals surface area (Å²) in [7, 11) is 0. The number of nitrogens with zero attached hydrogens (tertiary/aromatic N) is 4. The molecular weight excluding hydrogens is 309 g/mol. The Labute approximate surface area is 130 Å². The van der Waals surface area contributed by atoms with E-state index < -0.39 is 0 Å². The normalized spacial score (nSPS) is 10.6. The van der Waals surface area contributed by atoms with Crippen molar-refractivity contribution in [3.63, 3.8) is 0 Å². The number of benzene rings is 1. The third-order valence-electron chi connectivity index (χ3n) is 2.70. The van der Waals surface area contributed by atoms with Gasteiger partial charge in [0.1, 0.15) is 5.69 Å². The van der Waals surface area contributed by atoms with Crippen LogP contribution in [-0.2, 0) is 0 Å². The van der Waals surface area contributed by atoms with Crippen molar-refractivity contribution in [3.8, 4) is 22.9 Å². The molecule has 2 N–H and O–H groups in total. The zero-order valence-corrected chi connectivity index (χ0v) is 12.2. The fourth-order valence-corrected chi connectivity index (χ4v) is 2.26. The van der Waals surface area contributed by atoms with E-state index in [4.69, 9.17) is 28.9 Å². The maximum atomic E-state index is 6.13. The standard InChI is InChI=1S/C14H9Cl2N5/c15-9-6-10(16)11(18-7-9)13-19-12(20-14(17)21-13)8-4-2-1-3-5-8/h1-7H,(H2,17,19,20,21). The van der Waals surface area contributed by atoms with E-state index in [9.17, 15) is 0 Å². The van der Waals surface area contributed by atoms with Crippen LogP contribution in [0.1, 0.15) is 0 Å². The molecule has 0 spiro atoms. The van der Waals surface area contributed by atoms with Crippen LogP contribution in [0, 0.1) is 0 Å². The number of rotatable bonds is 2. The van der Waals surface area contributed by atoms with E-state index in [0.29, 0.717) is 27.4 Å². The first-order valence-corrected chi connectivity index (χ1v) is 6.77. The van der Waals surface area contributed by atoms with Gasteiger partial charge in [0.15, 0.2) is 11.6 Å². The summed E-state index contributed by atoms with van der Waals surface area (Å²) in [5, 5.41) is 0.793. The van der Waals surface area contributed by atoms with E-state index in [0.717, 1.165) is 5.56 Å². The fourth-order valence-electron chi connectivity index (χ4n) is 1.79. The highest BCUT2D eigenvalue weighted by molar-refractivity contribution is 6.35. The Morgan fingerprint density at radius 2 is 1.62 bits per heavy atom. The lowest BCUT2D eigenvalue weighted by molar-refractivity contribution is 1.06. The minimum absolute atomic E-state index is 0.103. The summed E-state index contributed by atoms with van der Waals surface area (Å²) in [5.74, 6) is 0.876. The van der Waals surface area contributed by atoms with Crippen LogP contribution >= 0.6 is 23.2 Å². The van der Waals surface area contributed by atoms with Crippen LogP contribution in [0.25, 0.3) is 22.9 Å². The number of hydrogen-bond acceptors (Lipinski definition) is 5. The van der Waals surface area contributed by atoms with Gasteiger partial charge in [-0.25, -0.2) is 9.97 Å². The minimum Gasteiger partial charge on any atom is -0.368 e. The lowest BCUT2D eigenvalue weighted by Gasteiger charge is -2.06. The Hall–Kier alpha value is -2.24. The zero-order valence-electron chi connectivity index (χ0n) is 10.7. The second-order valence-corrected chi connectivity index (χ2v) is 5.03. The smallest absolute Gasteiger partial charge is 0.224 e. The van der Waals surface area contributed by atoms with Crippen LogP contribution < -0.4 is 5.73 Å². The van der Waals surface area contributed by atoms with E-state index in [1.54, 1.807) is 6.07 Å². The molecule has 0 saturated carbocycles. The van der Waals surface area contributed by atoms with Gasteiger partial charge < -0.3 is 5.73 Å². The third kappa shape index (κ3) is 2.94. The highest BCUT2D eigenvalue weighted by atomic mass is 35.5. The van der Waals surface area contributed by atoms with Gasteiger partial charge in [-0.2, -0.15) is 9.97 Å². The average molecular weight is 318 g/mol. The van der Waals surface area contributed by atoms with Gasteiger partial charge in [0.2, 0.25) is 5.95 Å². The predicted molar refractivity (Wildman–Crippen MR) is 82.9 cm³/mol. The van der Waals surface area contributed by atoms with Crippen LogP contribution in [-0.4, -0.2) is 19.9 Å². The summed E-state index contributed by atoms with van der Waals surface area (Å²) in [4.78, 5) is 16.7. The van der Waals surface area contributed by atoms with Gasteiger partial charge in [-0.05, 0) is 6.07 Å². The van der Waals surface area contributed by atoms with Crippen LogP contribution in [0.5, 0.6) is 0 Å². The van der Waals surface area contributed by atoms with E-state index in [1.807, 2.05) is 30.3 Å². The Kier molecular flexibility index (Phi) is 3.68. The molecule has 0 fully saturated rings. The maximum Gasteiger partial charge on any atom is 0.224 e. The summed E-state index contributed by atoms with van der Waals surface area (Å²) < 4.78 is 0. The molecule has 0 aliphatic rings. The molecule has 104 valence electrons. The zero-order chi connectivity index (χ0) is 14.8. The molecule has 5 nitrogen and oxygen atoms in total. The number of halogens is 2. The monoisotopic (exact) mass is 317 g/mol. The van der Waals surface area contributed by atoms with Crippen molar-refractivity contribution in [2.24, 2.45) is 0 Å². The largest absolute Gasteiger partial charge is 0.368 e.